The Hall–Kier alpha value is -3.34. The van der Waals surface area contributed by atoms with Crippen LogP contribution in [0.3, 0.4) is 0 Å². The standard InChI is InChI=1S/C22H28F2N6O3/c1-14-6-4-5-7-15(14)22(8-9-22)21(25)28-33-20(32)16-12-17(19(23)24)30(27-16)13-18(31)26-10-11-29(2)3/h4-7,12,19H,8-11,13H2,1-3H3,(H2,25,28)(H,26,31). The Kier molecular flexibility index (Phi) is 7.42. The highest BCUT2D eigenvalue weighted by Crippen LogP contribution is 2.49. The highest BCUT2D eigenvalue weighted by molar-refractivity contribution is 5.95. The Morgan fingerprint density at radius 3 is 2.64 bits per heavy atom. The maximum Gasteiger partial charge on any atom is 0.385 e. The third-order valence-electron chi connectivity index (χ3n) is 5.55. The number of carbonyl (C=O) groups is 2. The molecule has 11 heteroatoms. The first-order valence-electron chi connectivity index (χ1n) is 10.5. The summed E-state index contributed by atoms with van der Waals surface area (Å²) in [6.45, 7) is 2.45. The van der Waals surface area contributed by atoms with Crippen molar-refractivity contribution in [3.63, 3.8) is 0 Å². The lowest BCUT2D eigenvalue weighted by molar-refractivity contribution is -0.122. The lowest BCUT2D eigenvalue weighted by Gasteiger charge is -2.16. The van der Waals surface area contributed by atoms with Crippen molar-refractivity contribution in [3.05, 3.63) is 52.8 Å². The minimum absolute atomic E-state index is 0.138. The molecule has 0 aliphatic heterocycles. The third-order valence-corrected chi connectivity index (χ3v) is 5.55. The highest BCUT2D eigenvalue weighted by Gasteiger charge is 2.49. The number of nitrogens with one attached hydrogen (secondary N) is 1. The summed E-state index contributed by atoms with van der Waals surface area (Å²) >= 11 is 0. The van der Waals surface area contributed by atoms with Gasteiger partial charge in [-0.25, -0.2) is 13.6 Å². The van der Waals surface area contributed by atoms with Crippen LogP contribution in [-0.2, 0) is 21.6 Å². The number of amidine groups is 1. The van der Waals surface area contributed by atoms with Crippen LogP contribution in [0.25, 0.3) is 0 Å². The molecule has 2 aromatic rings. The lowest BCUT2D eigenvalue weighted by atomic mass is 9.91. The van der Waals surface area contributed by atoms with Crippen molar-refractivity contribution >= 4 is 17.7 Å². The number of nitrogens with zero attached hydrogens (tertiary/aromatic N) is 4. The summed E-state index contributed by atoms with van der Waals surface area (Å²) in [5.41, 5.74) is 6.73. The molecule has 3 N–H and O–H groups in total. The van der Waals surface area contributed by atoms with E-state index in [9.17, 15) is 18.4 Å². The lowest BCUT2D eigenvalue weighted by Crippen LogP contribution is -2.34. The quantitative estimate of drug-likeness (QED) is 0.241. The van der Waals surface area contributed by atoms with Crippen LogP contribution >= 0.6 is 0 Å². The van der Waals surface area contributed by atoms with Crippen LogP contribution in [0.2, 0.25) is 0 Å². The zero-order chi connectivity index (χ0) is 24.2. The monoisotopic (exact) mass is 462 g/mol. The van der Waals surface area contributed by atoms with E-state index in [0.717, 1.165) is 34.7 Å². The number of likely N-dealkylation sites (N-methyl/N-ethyl adjacent to an activating group) is 1. The number of amides is 1. The van der Waals surface area contributed by atoms with Crippen LogP contribution in [0.15, 0.2) is 35.5 Å². The minimum atomic E-state index is -2.93. The van der Waals surface area contributed by atoms with Crippen LogP contribution in [0.1, 0.15) is 46.6 Å². The van der Waals surface area contributed by atoms with Crippen molar-refractivity contribution < 1.29 is 23.2 Å². The second-order valence-electron chi connectivity index (χ2n) is 8.32. The number of nitrogens with two attached hydrogens (primary N) is 1. The molecule has 1 aliphatic carbocycles. The van der Waals surface area contributed by atoms with Crippen LogP contribution in [0, 0.1) is 6.92 Å². The summed E-state index contributed by atoms with van der Waals surface area (Å²) in [7, 11) is 3.68. The summed E-state index contributed by atoms with van der Waals surface area (Å²) < 4.78 is 27.6. The molecule has 1 aromatic carbocycles. The number of aromatic nitrogens is 2. The van der Waals surface area contributed by atoms with E-state index in [1.54, 1.807) is 0 Å². The molecule has 33 heavy (non-hydrogen) atoms. The predicted octanol–water partition coefficient (Wildman–Crippen LogP) is 1.97. The molecule has 178 valence electrons. The van der Waals surface area contributed by atoms with Crippen molar-refractivity contribution in [2.75, 3.05) is 27.2 Å². The average Bonchev–Trinajstić information content (AvgIpc) is 3.45. The summed E-state index contributed by atoms with van der Waals surface area (Å²) in [6, 6.07) is 8.62. The van der Waals surface area contributed by atoms with E-state index in [1.807, 2.05) is 50.2 Å². The largest absolute Gasteiger partial charge is 0.385 e. The van der Waals surface area contributed by atoms with Gasteiger partial charge >= 0.3 is 5.97 Å². The number of oxime groups is 1. The molecule has 0 saturated heterocycles. The molecule has 9 nitrogen and oxygen atoms in total. The number of hydrogen-bond acceptors (Lipinski definition) is 6. The molecule has 1 aromatic heterocycles. The van der Waals surface area contributed by atoms with Gasteiger partial charge in [0.1, 0.15) is 12.2 Å². The second-order valence-corrected chi connectivity index (χ2v) is 8.32. The van der Waals surface area contributed by atoms with Gasteiger partial charge in [0.05, 0.1) is 5.41 Å². The van der Waals surface area contributed by atoms with Gasteiger partial charge in [-0.05, 0) is 45.0 Å². The van der Waals surface area contributed by atoms with Crippen LogP contribution < -0.4 is 11.1 Å². The molecule has 1 amide bonds. The van der Waals surface area contributed by atoms with E-state index in [2.05, 4.69) is 15.6 Å². The summed E-state index contributed by atoms with van der Waals surface area (Å²) in [5, 5.41) is 10.2. The smallest absolute Gasteiger partial charge is 0.384 e. The van der Waals surface area contributed by atoms with E-state index in [0.29, 0.717) is 13.1 Å². The fourth-order valence-corrected chi connectivity index (χ4v) is 3.57. The molecule has 1 saturated carbocycles. The Balaban J connectivity index is 1.69. The zero-order valence-corrected chi connectivity index (χ0v) is 18.8. The third kappa shape index (κ3) is 5.72. The molecule has 0 bridgehead atoms. The van der Waals surface area contributed by atoms with Gasteiger partial charge in [0, 0.05) is 19.2 Å². The molecular formula is C22H28F2N6O3. The second kappa shape index (κ2) is 10.1. The van der Waals surface area contributed by atoms with E-state index >= 15 is 0 Å². The van der Waals surface area contributed by atoms with Gasteiger partial charge in [-0.1, -0.05) is 29.4 Å². The van der Waals surface area contributed by atoms with Gasteiger partial charge in [0.2, 0.25) is 5.91 Å². The first kappa shape index (κ1) is 24.3. The normalized spacial score (nSPS) is 15.1. The SMILES string of the molecule is Cc1ccccc1C1(/C(N)=N/OC(=O)c2cc(C(F)F)n(CC(=O)NCCN(C)C)n2)CC1. The Morgan fingerprint density at radius 1 is 1.33 bits per heavy atom. The molecule has 0 atom stereocenters. The molecular weight excluding hydrogens is 434 g/mol. The predicted molar refractivity (Wildman–Crippen MR) is 118 cm³/mol. The van der Waals surface area contributed by atoms with Crippen molar-refractivity contribution in [3.8, 4) is 0 Å². The molecule has 3 rings (SSSR count). The number of hydrogen-bond donors (Lipinski definition) is 2. The maximum atomic E-state index is 13.4. The van der Waals surface area contributed by atoms with Crippen molar-refractivity contribution in [1.29, 1.82) is 0 Å². The molecule has 0 spiro atoms. The van der Waals surface area contributed by atoms with Crippen LogP contribution in [0.4, 0.5) is 8.78 Å². The van der Waals surface area contributed by atoms with Crippen molar-refractivity contribution in [2.45, 2.75) is 38.2 Å². The van der Waals surface area contributed by atoms with E-state index in [4.69, 9.17) is 10.6 Å². The first-order valence-corrected chi connectivity index (χ1v) is 10.5. The Bertz CT molecular complexity index is 1050. The van der Waals surface area contributed by atoms with Gasteiger partial charge in [-0.15, -0.1) is 0 Å². The highest BCUT2D eigenvalue weighted by atomic mass is 19.3. The molecule has 0 unspecified atom stereocenters. The summed E-state index contributed by atoms with van der Waals surface area (Å²) in [5.74, 6) is -1.40. The molecule has 1 aliphatic rings. The van der Waals surface area contributed by atoms with Gasteiger partial charge in [-0.2, -0.15) is 5.10 Å². The van der Waals surface area contributed by atoms with E-state index in [1.165, 1.54) is 0 Å². The molecule has 1 heterocycles. The maximum absolute atomic E-state index is 13.4. The number of benzene rings is 1. The van der Waals surface area contributed by atoms with Crippen LogP contribution in [-0.4, -0.2) is 59.6 Å². The van der Waals surface area contributed by atoms with Gasteiger partial charge in [0.15, 0.2) is 11.5 Å². The number of carbonyl (C=O) groups excluding carboxylic acids is 2. The number of alkyl halides is 2. The topological polar surface area (TPSA) is 115 Å². The fraction of sp³-hybridized carbons (Fsp3) is 0.455. The fourth-order valence-electron chi connectivity index (χ4n) is 3.57. The number of rotatable bonds is 10. The molecule has 1 fully saturated rings. The zero-order valence-electron chi connectivity index (χ0n) is 18.8. The Morgan fingerprint density at radius 2 is 2.03 bits per heavy atom. The number of halogens is 2. The van der Waals surface area contributed by atoms with Crippen LogP contribution in [0.5, 0.6) is 0 Å². The number of aryl methyl sites for hydroxylation is 1. The van der Waals surface area contributed by atoms with Gasteiger partial charge in [0.25, 0.3) is 6.43 Å². The first-order chi connectivity index (χ1) is 15.6. The Labute approximate surface area is 190 Å². The van der Waals surface area contributed by atoms with Crippen molar-refractivity contribution in [2.24, 2.45) is 10.9 Å². The van der Waals surface area contributed by atoms with Gasteiger partial charge < -0.3 is 20.8 Å². The van der Waals surface area contributed by atoms with Gasteiger partial charge in [-0.3, -0.25) is 9.48 Å². The van der Waals surface area contributed by atoms with E-state index < -0.39 is 36.0 Å². The van der Waals surface area contributed by atoms with E-state index in [-0.39, 0.29) is 11.5 Å². The summed E-state index contributed by atoms with van der Waals surface area (Å²) in [4.78, 5) is 31.2. The molecule has 0 radical (unpaired) electrons. The summed E-state index contributed by atoms with van der Waals surface area (Å²) in [6.07, 6.45) is -1.41. The van der Waals surface area contributed by atoms with Crippen molar-refractivity contribution in [1.82, 2.24) is 20.0 Å². The minimum Gasteiger partial charge on any atom is -0.384 e. The average molecular weight is 463 g/mol.